The van der Waals surface area contributed by atoms with Crippen LogP contribution in [0.5, 0.6) is 0 Å². The number of Topliss-reactive ketones (excluding diaryl/α,β-unsaturated/α-hetero) is 1. The summed E-state index contributed by atoms with van der Waals surface area (Å²) in [6.45, 7) is 0. The Morgan fingerprint density at radius 3 is 2.07 bits per heavy atom. The number of hydrogen-bond donors (Lipinski definition) is 0. The zero-order chi connectivity index (χ0) is 20.1. The van der Waals surface area contributed by atoms with Crippen LogP contribution in [0.2, 0.25) is 0 Å². The first kappa shape index (κ1) is 19.3. The monoisotopic (exact) mass is 394 g/mol. The van der Waals surface area contributed by atoms with Crippen molar-refractivity contribution < 1.29 is 39.9 Å². The molecular weight excluding hydrogens is 384 g/mol. The van der Waals surface area contributed by atoms with Gasteiger partial charge in [0.15, 0.2) is 17.4 Å². The number of carbonyl (C=O) groups excluding carboxylic acids is 1. The smallest absolute Gasteiger partial charge is 0.293 e. The topological polar surface area (TPSA) is 17.1 Å². The SMILES string of the molecule is O=C1c2cc(F)c(F)cc2CCC1c1ccc(C(F)(F)F)cc1C(F)(F)F. The van der Waals surface area contributed by atoms with Gasteiger partial charge in [0.25, 0.3) is 0 Å². The number of rotatable bonds is 1. The molecule has 144 valence electrons. The van der Waals surface area contributed by atoms with Crippen molar-refractivity contribution in [3.63, 3.8) is 0 Å². The third-order valence-corrected chi connectivity index (χ3v) is 4.49. The van der Waals surface area contributed by atoms with Gasteiger partial charge in [0.1, 0.15) is 0 Å². The maximum absolute atomic E-state index is 13.4. The molecule has 27 heavy (non-hydrogen) atoms. The van der Waals surface area contributed by atoms with Crippen molar-refractivity contribution in [2.45, 2.75) is 31.1 Å². The molecule has 0 radical (unpaired) electrons. The lowest BCUT2D eigenvalue weighted by Crippen LogP contribution is -2.25. The van der Waals surface area contributed by atoms with Crippen LogP contribution in [-0.2, 0) is 18.8 Å². The summed E-state index contributed by atoms with van der Waals surface area (Å²) in [5.74, 6) is -4.81. The summed E-state index contributed by atoms with van der Waals surface area (Å²) in [5, 5.41) is 0. The zero-order valence-corrected chi connectivity index (χ0v) is 13.3. The lowest BCUT2D eigenvalue weighted by atomic mass is 9.77. The van der Waals surface area contributed by atoms with E-state index in [1.165, 1.54) is 0 Å². The fraction of sp³-hybridized carbons (Fsp3) is 0.278. The molecule has 1 aliphatic carbocycles. The third kappa shape index (κ3) is 3.54. The number of halogens is 8. The Labute approximate surface area is 147 Å². The molecule has 0 heterocycles. The molecule has 0 N–H and O–H groups in total. The average molecular weight is 394 g/mol. The zero-order valence-electron chi connectivity index (χ0n) is 13.3. The molecule has 3 rings (SSSR count). The Hall–Kier alpha value is -2.45. The number of hydrogen-bond acceptors (Lipinski definition) is 1. The van der Waals surface area contributed by atoms with Crippen LogP contribution in [0.25, 0.3) is 0 Å². The van der Waals surface area contributed by atoms with E-state index in [2.05, 4.69) is 0 Å². The minimum absolute atomic E-state index is 0.0126. The van der Waals surface area contributed by atoms with Gasteiger partial charge in [-0.1, -0.05) is 6.07 Å². The highest BCUT2D eigenvalue weighted by Gasteiger charge is 2.41. The van der Waals surface area contributed by atoms with E-state index in [-0.39, 0.29) is 30.0 Å². The molecule has 0 amide bonds. The lowest BCUT2D eigenvalue weighted by Gasteiger charge is -2.26. The maximum Gasteiger partial charge on any atom is 0.416 e. The second kappa shape index (κ2) is 6.31. The molecule has 0 saturated heterocycles. The number of carbonyl (C=O) groups is 1. The van der Waals surface area contributed by atoms with Crippen molar-refractivity contribution in [2.24, 2.45) is 0 Å². The highest BCUT2D eigenvalue weighted by molar-refractivity contribution is 6.03. The van der Waals surface area contributed by atoms with Crippen LogP contribution >= 0.6 is 0 Å². The average Bonchev–Trinajstić information content (AvgIpc) is 2.55. The van der Waals surface area contributed by atoms with Crippen molar-refractivity contribution in [3.8, 4) is 0 Å². The van der Waals surface area contributed by atoms with Gasteiger partial charge in [0.05, 0.1) is 11.1 Å². The van der Waals surface area contributed by atoms with Crippen LogP contribution in [0, 0.1) is 11.6 Å². The normalized spacial score (nSPS) is 17.8. The number of ketones is 1. The summed E-state index contributed by atoms with van der Waals surface area (Å²) in [7, 11) is 0. The second-order valence-corrected chi connectivity index (χ2v) is 6.18. The van der Waals surface area contributed by atoms with Gasteiger partial charge in [-0.25, -0.2) is 8.78 Å². The summed E-state index contributed by atoms with van der Waals surface area (Å²) in [5.41, 5.74) is -3.79. The number of fused-ring (bicyclic) bond motifs is 1. The molecule has 1 unspecified atom stereocenters. The summed E-state index contributed by atoms with van der Waals surface area (Å²) in [6, 6.07) is 2.47. The Morgan fingerprint density at radius 2 is 1.48 bits per heavy atom. The van der Waals surface area contributed by atoms with Crippen molar-refractivity contribution >= 4 is 5.78 Å². The van der Waals surface area contributed by atoms with Crippen molar-refractivity contribution in [1.29, 1.82) is 0 Å². The molecule has 0 spiro atoms. The Morgan fingerprint density at radius 1 is 0.852 bits per heavy atom. The van der Waals surface area contributed by atoms with E-state index in [1.807, 2.05) is 0 Å². The van der Waals surface area contributed by atoms with Gasteiger partial charge < -0.3 is 0 Å². The molecule has 2 aromatic rings. The second-order valence-electron chi connectivity index (χ2n) is 6.18. The van der Waals surface area contributed by atoms with Gasteiger partial charge in [-0.15, -0.1) is 0 Å². The molecule has 0 aromatic heterocycles. The van der Waals surface area contributed by atoms with Crippen LogP contribution in [0.3, 0.4) is 0 Å². The first-order valence-electron chi connectivity index (χ1n) is 7.70. The van der Waals surface area contributed by atoms with Gasteiger partial charge in [-0.2, -0.15) is 26.3 Å². The quantitative estimate of drug-likeness (QED) is 0.549. The van der Waals surface area contributed by atoms with Crippen LogP contribution in [0.4, 0.5) is 35.1 Å². The Bertz CT molecular complexity index is 911. The Balaban J connectivity index is 2.11. The molecule has 0 fully saturated rings. The van der Waals surface area contributed by atoms with Gasteiger partial charge in [0.2, 0.25) is 0 Å². The summed E-state index contributed by atoms with van der Waals surface area (Å²) in [4.78, 5) is 12.6. The number of benzene rings is 2. The maximum atomic E-state index is 13.4. The van der Waals surface area contributed by atoms with Crippen LogP contribution in [-0.4, -0.2) is 5.78 Å². The van der Waals surface area contributed by atoms with Crippen LogP contribution in [0.1, 0.15) is 45.0 Å². The molecule has 0 saturated carbocycles. The fourth-order valence-electron chi connectivity index (χ4n) is 3.22. The van der Waals surface area contributed by atoms with Gasteiger partial charge in [0, 0.05) is 11.5 Å². The fourth-order valence-corrected chi connectivity index (χ4v) is 3.22. The van der Waals surface area contributed by atoms with Gasteiger partial charge in [-0.05, 0) is 48.2 Å². The third-order valence-electron chi connectivity index (χ3n) is 4.49. The minimum Gasteiger partial charge on any atom is -0.293 e. The minimum atomic E-state index is -5.12. The first-order valence-corrected chi connectivity index (χ1v) is 7.70. The molecule has 0 bridgehead atoms. The van der Waals surface area contributed by atoms with E-state index in [9.17, 15) is 39.9 Å². The molecule has 9 heteroatoms. The van der Waals surface area contributed by atoms with E-state index in [4.69, 9.17) is 0 Å². The summed E-state index contributed by atoms with van der Waals surface area (Å²) < 4.78 is 105. The van der Waals surface area contributed by atoms with Crippen LogP contribution in [0.15, 0.2) is 30.3 Å². The molecule has 1 aliphatic rings. The molecule has 1 nitrogen and oxygen atoms in total. The van der Waals surface area contributed by atoms with Gasteiger partial charge in [-0.3, -0.25) is 4.79 Å². The van der Waals surface area contributed by atoms with E-state index in [0.29, 0.717) is 18.2 Å². The predicted octanol–water partition coefficient (Wildman–Crippen LogP) is 5.92. The molecular formula is C18H10F8O. The van der Waals surface area contributed by atoms with Crippen molar-refractivity contribution in [3.05, 3.63) is 69.8 Å². The summed E-state index contributed by atoms with van der Waals surface area (Å²) in [6.07, 6.45) is -10.3. The lowest BCUT2D eigenvalue weighted by molar-refractivity contribution is -0.143. The number of alkyl halides is 6. The highest BCUT2D eigenvalue weighted by Crippen LogP contribution is 2.43. The highest BCUT2D eigenvalue weighted by atomic mass is 19.4. The Kier molecular flexibility index (Phi) is 4.52. The molecule has 1 atom stereocenters. The van der Waals surface area contributed by atoms with Crippen LogP contribution < -0.4 is 0 Å². The summed E-state index contributed by atoms with van der Waals surface area (Å²) >= 11 is 0. The molecule has 0 aliphatic heterocycles. The van der Waals surface area contributed by atoms with E-state index in [0.717, 1.165) is 6.07 Å². The standard InChI is InChI=1S/C18H10F8O/c19-14-5-8-1-3-11(16(27)12(8)7-15(14)20)10-4-2-9(17(21,22)23)6-13(10)18(24,25)26/h2,4-7,11H,1,3H2. The van der Waals surface area contributed by atoms with E-state index >= 15 is 0 Å². The van der Waals surface area contributed by atoms with Crippen molar-refractivity contribution in [1.82, 2.24) is 0 Å². The number of aryl methyl sites for hydroxylation is 1. The molecule has 2 aromatic carbocycles. The van der Waals surface area contributed by atoms with E-state index in [1.54, 1.807) is 0 Å². The first-order chi connectivity index (χ1) is 12.4. The van der Waals surface area contributed by atoms with E-state index < -0.39 is 52.4 Å². The predicted molar refractivity (Wildman–Crippen MR) is 78.2 cm³/mol. The largest absolute Gasteiger partial charge is 0.416 e. The van der Waals surface area contributed by atoms with Crippen molar-refractivity contribution in [2.75, 3.05) is 0 Å². The van der Waals surface area contributed by atoms with Gasteiger partial charge >= 0.3 is 12.4 Å².